The highest BCUT2D eigenvalue weighted by molar-refractivity contribution is 7.06. The highest BCUT2D eigenvalue weighted by Gasteiger charge is 2.33. The first kappa shape index (κ1) is 28.7. The van der Waals surface area contributed by atoms with E-state index < -0.39 is 30.0 Å². The number of nitrogens with zero attached hydrogens (tertiary/aromatic N) is 4. The fourth-order valence-corrected chi connectivity index (χ4v) is 5.21. The summed E-state index contributed by atoms with van der Waals surface area (Å²) < 4.78 is 88.0. The van der Waals surface area contributed by atoms with E-state index >= 15 is 0 Å². The van der Waals surface area contributed by atoms with E-state index in [0.717, 1.165) is 36.6 Å². The van der Waals surface area contributed by atoms with Crippen LogP contribution in [0.3, 0.4) is 0 Å². The summed E-state index contributed by atoms with van der Waals surface area (Å²) in [6.07, 6.45) is -3.84. The highest BCUT2D eigenvalue weighted by atomic mass is 32.1. The van der Waals surface area contributed by atoms with Gasteiger partial charge in [-0.2, -0.15) is 17.5 Å². The van der Waals surface area contributed by atoms with Crippen LogP contribution in [0.5, 0.6) is 5.75 Å². The van der Waals surface area contributed by atoms with Crippen LogP contribution >= 0.6 is 11.5 Å². The molecule has 1 aromatic carbocycles. The predicted octanol–water partition coefficient (Wildman–Crippen LogP) is 5.60. The summed E-state index contributed by atoms with van der Waals surface area (Å²) in [6, 6.07) is 3.84. The van der Waals surface area contributed by atoms with Gasteiger partial charge in [0.15, 0.2) is 17.3 Å². The number of amides is 1. The molecule has 0 radical (unpaired) electrons. The van der Waals surface area contributed by atoms with Crippen LogP contribution in [0.1, 0.15) is 45.2 Å². The molecule has 210 valence electrons. The minimum absolute atomic E-state index is 0.0365. The molecule has 1 amide bonds. The third-order valence-corrected chi connectivity index (χ3v) is 7.09. The number of halogens is 6. The molecule has 0 saturated carbocycles. The molecule has 3 heterocycles. The summed E-state index contributed by atoms with van der Waals surface area (Å²) in [5.74, 6) is -1.29. The summed E-state index contributed by atoms with van der Waals surface area (Å²) >= 11 is 1.02. The van der Waals surface area contributed by atoms with Gasteiger partial charge in [-0.05, 0) is 50.0 Å². The summed E-state index contributed by atoms with van der Waals surface area (Å²) in [5, 5.41) is 2.68. The van der Waals surface area contributed by atoms with E-state index in [-0.39, 0.29) is 48.2 Å². The second-order valence-corrected chi connectivity index (χ2v) is 10.1. The number of aryl methyl sites for hydroxylation is 1. The van der Waals surface area contributed by atoms with Crippen molar-refractivity contribution in [2.75, 3.05) is 31.6 Å². The van der Waals surface area contributed by atoms with E-state index in [1.54, 1.807) is 11.8 Å². The molecule has 1 atom stereocenters. The van der Waals surface area contributed by atoms with Crippen LogP contribution in [0.2, 0.25) is 0 Å². The van der Waals surface area contributed by atoms with Crippen molar-refractivity contribution in [2.24, 2.45) is 5.92 Å². The lowest BCUT2D eigenvalue weighted by atomic mass is 9.99. The first-order chi connectivity index (χ1) is 18.5. The first-order valence-electron chi connectivity index (χ1n) is 12.1. The average molecular weight is 574 g/mol. The van der Waals surface area contributed by atoms with Gasteiger partial charge >= 0.3 is 6.18 Å². The Balaban J connectivity index is 1.41. The number of benzene rings is 1. The molecule has 1 aliphatic rings. The van der Waals surface area contributed by atoms with Gasteiger partial charge in [-0.25, -0.2) is 18.2 Å². The van der Waals surface area contributed by atoms with Crippen molar-refractivity contribution in [2.45, 2.75) is 38.8 Å². The molecule has 0 spiro atoms. The normalized spacial score (nSPS) is 16.5. The zero-order valence-electron chi connectivity index (χ0n) is 20.8. The van der Waals surface area contributed by atoms with E-state index in [9.17, 15) is 31.1 Å². The van der Waals surface area contributed by atoms with Crippen LogP contribution in [0.25, 0.3) is 0 Å². The lowest BCUT2D eigenvalue weighted by Crippen LogP contribution is -2.40. The quantitative estimate of drug-likeness (QED) is 0.336. The molecule has 2 aromatic heterocycles. The number of hydrogen-bond donors (Lipinski definition) is 1. The minimum atomic E-state index is -4.61. The summed E-state index contributed by atoms with van der Waals surface area (Å²) in [6.45, 7) is 2.46. The highest BCUT2D eigenvalue weighted by Crippen LogP contribution is 2.29. The maximum atomic E-state index is 14.4. The number of hydrogen-bond acceptors (Lipinski definition) is 7. The Hall–Kier alpha value is -3.26. The Kier molecular flexibility index (Phi) is 9.05. The Labute approximate surface area is 224 Å². The fraction of sp³-hybridized carbons (Fsp3) is 0.440. The largest absolute Gasteiger partial charge is 0.490 e. The van der Waals surface area contributed by atoms with E-state index in [1.807, 2.05) is 0 Å². The maximum absolute atomic E-state index is 14.4. The second-order valence-electron chi connectivity index (χ2n) is 9.20. The number of nitrogens with one attached hydrogen (secondary N) is 1. The molecule has 1 N–H and O–H groups in total. The molecule has 39 heavy (non-hydrogen) atoms. The van der Waals surface area contributed by atoms with Crippen molar-refractivity contribution in [3.63, 3.8) is 0 Å². The molecule has 7 nitrogen and oxygen atoms in total. The van der Waals surface area contributed by atoms with Gasteiger partial charge in [0.1, 0.15) is 0 Å². The number of rotatable bonds is 9. The van der Waals surface area contributed by atoms with E-state index in [4.69, 9.17) is 4.74 Å². The van der Waals surface area contributed by atoms with Gasteiger partial charge in [0, 0.05) is 41.7 Å². The number of alkyl halides is 5. The molecule has 1 aliphatic heterocycles. The monoisotopic (exact) mass is 573 g/mol. The number of ether oxygens (including phenoxy) is 1. The number of likely N-dealkylation sites (tertiary alicyclic amines) is 1. The number of piperidine rings is 1. The van der Waals surface area contributed by atoms with Gasteiger partial charge in [0.2, 0.25) is 0 Å². The fourth-order valence-electron chi connectivity index (χ4n) is 4.33. The number of anilines is 1. The number of aromatic nitrogens is 3. The molecular formula is C25H25F6N5O2S. The molecule has 14 heteroatoms. The van der Waals surface area contributed by atoms with E-state index in [0.29, 0.717) is 29.9 Å². The van der Waals surface area contributed by atoms with Gasteiger partial charge in [0.25, 0.3) is 12.3 Å². The van der Waals surface area contributed by atoms with Crippen molar-refractivity contribution in [1.29, 1.82) is 0 Å². The Bertz CT molecular complexity index is 1280. The van der Waals surface area contributed by atoms with Gasteiger partial charge in [0.05, 0.1) is 36.3 Å². The Morgan fingerprint density at radius 2 is 2.05 bits per heavy atom. The molecule has 0 aliphatic carbocycles. The van der Waals surface area contributed by atoms with Crippen molar-refractivity contribution in [1.82, 2.24) is 19.2 Å². The number of carbonyl (C=O) groups excluding carboxylic acids is 1. The molecule has 1 fully saturated rings. The van der Waals surface area contributed by atoms with Crippen molar-refractivity contribution >= 4 is 23.1 Å². The van der Waals surface area contributed by atoms with Gasteiger partial charge in [-0.15, -0.1) is 0 Å². The lowest BCUT2D eigenvalue weighted by molar-refractivity contribution is -0.141. The smallest absolute Gasteiger partial charge is 0.434 e. The zero-order valence-corrected chi connectivity index (χ0v) is 21.6. The molecule has 1 saturated heterocycles. The van der Waals surface area contributed by atoms with Crippen LogP contribution in [0.4, 0.5) is 32.0 Å². The molecule has 0 bridgehead atoms. The molecule has 0 unspecified atom stereocenters. The Morgan fingerprint density at radius 1 is 1.26 bits per heavy atom. The topological polar surface area (TPSA) is 80.2 Å². The average Bonchev–Trinajstić information content (AvgIpc) is 3.23. The zero-order chi connectivity index (χ0) is 28.2. The maximum Gasteiger partial charge on any atom is 0.434 e. The second kappa shape index (κ2) is 12.3. The minimum Gasteiger partial charge on any atom is -0.490 e. The first-order valence-corrected chi connectivity index (χ1v) is 12.8. The standard InChI is InChI=1S/C25H25F6N5O2S/c1-14-23(20(39-35-14)8-17-9-33-21(10-32-17)25(29,30)31)24(37)34-16-4-5-18(26)19(7-16)38-13-15-3-2-6-36(11-15)12-22(27)28/h4-5,7,9-10,15,22H,2-3,6,8,11-13H2,1H3,(H,34,37)/t15-/m0/s1. The van der Waals surface area contributed by atoms with Crippen molar-refractivity contribution in [3.05, 3.63) is 63.9 Å². The van der Waals surface area contributed by atoms with E-state index in [1.165, 1.54) is 12.1 Å². The number of carbonyl (C=O) groups is 1. The third kappa shape index (κ3) is 7.66. The van der Waals surface area contributed by atoms with Crippen LogP contribution in [0.15, 0.2) is 30.6 Å². The Morgan fingerprint density at radius 3 is 2.74 bits per heavy atom. The summed E-state index contributed by atoms with van der Waals surface area (Å²) in [5.41, 5.74) is 0.0117. The van der Waals surface area contributed by atoms with Crippen LogP contribution < -0.4 is 10.1 Å². The van der Waals surface area contributed by atoms with Crippen LogP contribution in [-0.2, 0) is 12.6 Å². The molecule has 4 rings (SSSR count). The molecular weight excluding hydrogens is 548 g/mol. The predicted molar refractivity (Wildman–Crippen MR) is 132 cm³/mol. The van der Waals surface area contributed by atoms with Gasteiger partial charge < -0.3 is 10.1 Å². The van der Waals surface area contributed by atoms with Gasteiger partial charge in [-0.1, -0.05) is 0 Å². The SMILES string of the molecule is Cc1nsc(Cc2cnc(C(F)(F)F)cn2)c1C(=O)Nc1ccc(F)c(OC[C@H]2CCCN(CC(F)F)C2)c1. The van der Waals surface area contributed by atoms with Crippen LogP contribution in [0, 0.1) is 18.7 Å². The van der Waals surface area contributed by atoms with E-state index in [2.05, 4.69) is 19.7 Å². The summed E-state index contributed by atoms with van der Waals surface area (Å²) in [4.78, 5) is 22.4. The van der Waals surface area contributed by atoms with Crippen molar-refractivity contribution < 1.29 is 35.9 Å². The van der Waals surface area contributed by atoms with Gasteiger partial charge in [-0.3, -0.25) is 14.7 Å². The third-order valence-electron chi connectivity index (χ3n) is 6.16. The summed E-state index contributed by atoms with van der Waals surface area (Å²) in [7, 11) is 0. The van der Waals surface area contributed by atoms with Crippen LogP contribution in [-0.4, -0.2) is 57.8 Å². The lowest BCUT2D eigenvalue weighted by Gasteiger charge is -2.32. The van der Waals surface area contributed by atoms with Crippen molar-refractivity contribution in [3.8, 4) is 5.75 Å². The molecule has 3 aromatic rings.